The Morgan fingerprint density at radius 3 is 2.47 bits per heavy atom. The Hall–Kier alpha value is -2.88. The molecule has 0 bridgehead atoms. The van der Waals surface area contributed by atoms with E-state index in [2.05, 4.69) is 41.3 Å². The fourth-order valence-electron chi connectivity index (χ4n) is 2.56. The van der Waals surface area contributed by atoms with Gasteiger partial charge in [-0.3, -0.25) is 0 Å². The van der Waals surface area contributed by atoms with Gasteiger partial charge in [0.05, 0.1) is 11.4 Å². The first-order chi connectivity index (χ1) is 14.1. The average Bonchev–Trinajstić information content (AvgIpc) is 2.62. The van der Waals surface area contributed by atoms with E-state index in [0.29, 0.717) is 27.2 Å². The third kappa shape index (κ3) is 6.06. The molecule has 0 saturated heterocycles. The highest BCUT2D eigenvalue weighted by Gasteiger charge is 2.31. The van der Waals surface area contributed by atoms with Gasteiger partial charge in [-0.1, -0.05) is 12.1 Å². The molecule has 1 heterocycles. The number of hydrogen-bond donors (Lipinski definition) is 2. The summed E-state index contributed by atoms with van der Waals surface area (Å²) in [6.45, 7) is 3.80. The van der Waals surface area contributed by atoms with Crippen LogP contribution in [0.3, 0.4) is 0 Å². The van der Waals surface area contributed by atoms with E-state index in [1.54, 1.807) is 12.1 Å². The number of benzene rings is 2. The second-order valence-electron chi connectivity index (χ2n) is 6.59. The predicted octanol–water partition coefficient (Wildman–Crippen LogP) is 6.51. The molecule has 0 radical (unpaired) electrons. The van der Waals surface area contributed by atoms with Crippen LogP contribution in [-0.2, 0) is 0 Å². The van der Waals surface area contributed by atoms with Crippen LogP contribution in [0.1, 0.15) is 13.8 Å². The van der Waals surface area contributed by atoms with Gasteiger partial charge in [0, 0.05) is 22.1 Å². The van der Waals surface area contributed by atoms with Crippen LogP contribution in [0.25, 0.3) is 11.3 Å². The monoisotopic (exact) mass is 484 g/mol. The Morgan fingerprint density at radius 1 is 1.03 bits per heavy atom. The molecule has 2 aromatic carbocycles. The lowest BCUT2D eigenvalue weighted by Crippen LogP contribution is -2.17. The van der Waals surface area contributed by atoms with Crippen molar-refractivity contribution in [2.75, 3.05) is 10.6 Å². The molecule has 0 spiro atoms. The molecule has 0 unspecified atom stereocenters. The Bertz CT molecular complexity index is 1040. The quantitative estimate of drug-likeness (QED) is 0.390. The lowest BCUT2D eigenvalue weighted by molar-refractivity contribution is -0.274. The van der Waals surface area contributed by atoms with Crippen molar-refractivity contribution in [3.05, 3.63) is 58.8 Å². The first kappa shape index (κ1) is 21.8. The zero-order valence-corrected chi connectivity index (χ0v) is 17.5. The molecule has 3 rings (SSSR count). The number of anilines is 3. The van der Waals surface area contributed by atoms with Crippen molar-refractivity contribution in [1.82, 2.24) is 9.97 Å². The molecule has 0 amide bonds. The summed E-state index contributed by atoms with van der Waals surface area (Å²) in [4.78, 5) is 8.77. The smallest absolute Gasteiger partial charge is 0.406 e. The number of alkyl halides is 3. The van der Waals surface area contributed by atoms with Gasteiger partial charge in [-0.25, -0.2) is 9.37 Å². The molecule has 3 aromatic rings. The number of ether oxygens (including phenoxy) is 1. The van der Waals surface area contributed by atoms with E-state index >= 15 is 0 Å². The highest BCUT2D eigenvalue weighted by atomic mass is 79.9. The van der Waals surface area contributed by atoms with Crippen LogP contribution in [-0.4, -0.2) is 22.4 Å². The van der Waals surface area contributed by atoms with Crippen LogP contribution in [0.15, 0.2) is 53.0 Å². The predicted molar refractivity (Wildman–Crippen MR) is 110 cm³/mol. The van der Waals surface area contributed by atoms with Gasteiger partial charge in [0.25, 0.3) is 0 Å². The Kier molecular flexibility index (Phi) is 6.45. The minimum Gasteiger partial charge on any atom is -0.406 e. The molecular formula is C20H17BrF4N4O. The normalized spacial score (nSPS) is 11.5. The summed E-state index contributed by atoms with van der Waals surface area (Å²) < 4.78 is 55.5. The summed E-state index contributed by atoms with van der Waals surface area (Å²) in [5.74, 6) is -0.102. The van der Waals surface area contributed by atoms with E-state index in [1.165, 1.54) is 36.4 Å². The van der Waals surface area contributed by atoms with E-state index in [9.17, 15) is 17.6 Å². The first-order valence-electron chi connectivity index (χ1n) is 8.83. The van der Waals surface area contributed by atoms with Crippen molar-refractivity contribution in [2.45, 2.75) is 26.3 Å². The number of halogens is 5. The average molecular weight is 485 g/mol. The Balaban J connectivity index is 2.00. The summed E-state index contributed by atoms with van der Waals surface area (Å²) in [7, 11) is 0. The molecule has 158 valence electrons. The summed E-state index contributed by atoms with van der Waals surface area (Å²) in [6, 6.07) is 11.2. The maximum Gasteiger partial charge on any atom is 0.573 e. The highest BCUT2D eigenvalue weighted by molar-refractivity contribution is 9.10. The minimum atomic E-state index is -4.80. The van der Waals surface area contributed by atoms with Gasteiger partial charge in [0.1, 0.15) is 17.4 Å². The van der Waals surface area contributed by atoms with E-state index in [0.717, 1.165) is 0 Å². The van der Waals surface area contributed by atoms with Crippen LogP contribution in [0.4, 0.5) is 35.0 Å². The standard InChI is InChI=1S/C20H17BrF4N4O/c1-11(2)26-19-28-17(12-4-3-5-14(8-12)30-20(23,24)25)10-18(29-19)27-16-7-6-13(22)9-15(16)21/h3-11H,1-2H3,(H2,26,27,28,29). The van der Waals surface area contributed by atoms with Crippen molar-refractivity contribution in [2.24, 2.45) is 0 Å². The molecule has 10 heteroatoms. The van der Waals surface area contributed by atoms with E-state index in [4.69, 9.17) is 0 Å². The lowest BCUT2D eigenvalue weighted by atomic mass is 10.1. The van der Waals surface area contributed by atoms with Crippen molar-refractivity contribution >= 4 is 33.4 Å². The van der Waals surface area contributed by atoms with E-state index in [-0.39, 0.29) is 17.7 Å². The number of aromatic nitrogens is 2. The van der Waals surface area contributed by atoms with Crippen LogP contribution < -0.4 is 15.4 Å². The van der Waals surface area contributed by atoms with Gasteiger partial charge in [-0.2, -0.15) is 4.98 Å². The molecule has 0 atom stereocenters. The molecule has 0 aliphatic heterocycles. The fourth-order valence-corrected chi connectivity index (χ4v) is 3.01. The number of rotatable bonds is 6. The zero-order valence-electron chi connectivity index (χ0n) is 15.9. The molecule has 1 aromatic heterocycles. The first-order valence-corrected chi connectivity index (χ1v) is 9.62. The molecule has 2 N–H and O–H groups in total. The highest BCUT2D eigenvalue weighted by Crippen LogP contribution is 2.31. The summed E-state index contributed by atoms with van der Waals surface area (Å²) >= 11 is 3.28. The maximum atomic E-state index is 13.3. The van der Waals surface area contributed by atoms with Crippen LogP contribution in [0.5, 0.6) is 5.75 Å². The number of nitrogens with zero attached hydrogens (tertiary/aromatic N) is 2. The second-order valence-corrected chi connectivity index (χ2v) is 7.44. The summed E-state index contributed by atoms with van der Waals surface area (Å²) in [5, 5.41) is 6.13. The van der Waals surface area contributed by atoms with Gasteiger partial charge in [-0.05, 0) is 60.1 Å². The number of hydrogen-bond acceptors (Lipinski definition) is 5. The topological polar surface area (TPSA) is 59.1 Å². The second kappa shape index (κ2) is 8.86. The molecular weight excluding hydrogens is 468 g/mol. The maximum absolute atomic E-state index is 13.3. The zero-order chi connectivity index (χ0) is 21.9. The molecule has 5 nitrogen and oxygen atoms in total. The van der Waals surface area contributed by atoms with Crippen molar-refractivity contribution < 1.29 is 22.3 Å². The van der Waals surface area contributed by atoms with Gasteiger partial charge in [0.2, 0.25) is 5.95 Å². The van der Waals surface area contributed by atoms with Crippen molar-refractivity contribution in [1.29, 1.82) is 0 Å². The summed E-state index contributed by atoms with van der Waals surface area (Å²) in [5.41, 5.74) is 1.35. The molecule has 0 saturated carbocycles. The Labute approximate surface area is 178 Å². The van der Waals surface area contributed by atoms with Crippen LogP contribution >= 0.6 is 15.9 Å². The van der Waals surface area contributed by atoms with Crippen molar-refractivity contribution in [3.8, 4) is 17.0 Å². The third-order valence-electron chi connectivity index (χ3n) is 3.70. The lowest BCUT2D eigenvalue weighted by Gasteiger charge is -2.14. The largest absolute Gasteiger partial charge is 0.573 e. The van der Waals surface area contributed by atoms with E-state index in [1.807, 2.05) is 13.8 Å². The minimum absolute atomic E-state index is 0.0190. The van der Waals surface area contributed by atoms with E-state index < -0.39 is 12.2 Å². The van der Waals surface area contributed by atoms with Gasteiger partial charge >= 0.3 is 6.36 Å². The van der Waals surface area contributed by atoms with Crippen molar-refractivity contribution in [3.63, 3.8) is 0 Å². The Morgan fingerprint density at radius 2 is 1.80 bits per heavy atom. The van der Waals surface area contributed by atoms with Gasteiger partial charge in [0.15, 0.2) is 0 Å². The third-order valence-corrected chi connectivity index (χ3v) is 4.36. The van der Waals surface area contributed by atoms with Gasteiger partial charge in [-0.15, -0.1) is 13.2 Å². The van der Waals surface area contributed by atoms with Crippen LogP contribution in [0, 0.1) is 5.82 Å². The van der Waals surface area contributed by atoms with Gasteiger partial charge < -0.3 is 15.4 Å². The fraction of sp³-hybridized carbons (Fsp3) is 0.200. The molecule has 0 aliphatic rings. The molecule has 0 fully saturated rings. The van der Waals surface area contributed by atoms with Crippen LogP contribution in [0.2, 0.25) is 0 Å². The SMILES string of the molecule is CC(C)Nc1nc(Nc2ccc(F)cc2Br)cc(-c2cccc(OC(F)(F)F)c2)n1. The summed E-state index contributed by atoms with van der Waals surface area (Å²) in [6.07, 6.45) is -4.80. The number of nitrogens with one attached hydrogen (secondary N) is 2. The molecule has 0 aliphatic carbocycles. The molecule has 30 heavy (non-hydrogen) atoms.